The predicted octanol–water partition coefficient (Wildman–Crippen LogP) is 4.36. The molecule has 2 rings (SSSR count). The molecule has 0 amide bonds. The molecular formula is C16H12Cl2F3NO5S. The van der Waals surface area contributed by atoms with Crippen LogP contribution in [0.1, 0.15) is 5.56 Å². The van der Waals surface area contributed by atoms with E-state index in [1.54, 1.807) is 0 Å². The molecule has 0 saturated carbocycles. The Hall–Kier alpha value is -2.17. The number of esters is 1. The molecule has 2 aromatic carbocycles. The molecular weight excluding hydrogens is 446 g/mol. The first-order valence-corrected chi connectivity index (χ1v) is 9.56. The zero-order chi connectivity index (χ0) is 21.1. The number of alkyl halides is 3. The van der Waals surface area contributed by atoms with Crippen molar-refractivity contribution in [2.75, 3.05) is 18.4 Å². The van der Waals surface area contributed by atoms with E-state index in [4.69, 9.17) is 27.9 Å². The van der Waals surface area contributed by atoms with E-state index in [1.807, 2.05) is 4.72 Å². The van der Waals surface area contributed by atoms with Crippen LogP contribution in [-0.2, 0) is 25.7 Å². The standard InChI is InChI=1S/C16H12Cl2F3NO5S/c1-26-15(23)8-27-14-5-3-10(7-12(14)18)28(24,25)22-13-6-9(16(19,20)21)2-4-11(13)17/h2-7,22H,8H2,1H3. The minimum Gasteiger partial charge on any atom is -0.480 e. The second kappa shape index (κ2) is 8.46. The molecule has 0 bridgehead atoms. The molecule has 1 N–H and O–H groups in total. The van der Waals surface area contributed by atoms with Crippen molar-refractivity contribution in [2.45, 2.75) is 11.1 Å². The third-order valence-electron chi connectivity index (χ3n) is 3.32. The first kappa shape index (κ1) is 22.1. The molecule has 0 radical (unpaired) electrons. The van der Waals surface area contributed by atoms with E-state index in [-0.39, 0.29) is 20.7 Å². The summed E-state index contributed by atoms with van der Waals surface area (Å²) in [6.45, 7) is -0.444. The molecule has 2 aromatic rings. The van der Waals surface area contributed by atoms with Crippen molar-refractivity contribution in [3.05, 3.63) is 52.0 Å². The lowest BCUT2D eigenvalue weighted by atomic mass is 10.2. The van der Waals surface area contributed by atoms with E-state index in [9.17, 15) is 26.4 Å². The van der Waals surface area contributed by atoms with Gasteiger partial charge < -0.3 is 9.47 Å². The fourth-order valence-electron chi connectivity index (χ4n) is 1.94. The molecule has 0 aromatic heterocycles. The van der Waals surface area contributed by atoms with Gasteiger partial charge in [-0.25, -0.2) is 13.2 Å². The van der Waals surface area contributed by atoms with Crippen molar-refractivity contribution >= 4 is 44.9 Å². The molecule has 0 unspecified atom stereocenters. The van der Waals surface area contributed by atoms with Crippen LogP contribution in [0.25, 0.3) is 0 Å². The summed E-state index contributed by atoms with van der Waals surface area (Å²) in [6, 6.07) is 5.53. The van der Waals surface area contributed by atoms with Gasteiger partial charge in [-0.1, -0.05) is 23.2 Å². The molecule has 28 heavy (non-hydrogen) atoms. The van der Waals surface area contributed by atoms with Gasteiger partial charge in [-0.05, 0) is 36.4 Å². The number of carbonyl (C=O) groups excluding carboxylic acids is 1. The average Bonchev–Trinajstić information content (AvgIpc) is 2.61. The lowest BCUT2D eigenvalue weighted by molar-refractivity contribution is -0.143. The summed E-state index contributed by atoms with van der Waals surface area (Å²) in [4.78, 5) is 10.7. The van der Waals surface area contributed by atoms with Gasteiger partial charge in [-0.3, -0.25) is 4.72 Å². The quantitative estimate of drug-likeness (QED) is 0.651. The predicted molar refractivity (Wildman–Crippen MR) is 96.2 cm³/mol. The van der Waals surface area contributed by atoms with Gasteiger partial charge in [0.25, 0.3) is 10.0 Å². The maximum absolute atomic E-state index is 12.8. The summed E-state index contributed by atoms with van der Waals surface area (Å²) in [5.74, 6) is -0.656. The van der Waals surface area contributed by atoms with E-state index in [0.717, 1.165) is 31.4 Å². The van der Waals surface area contributed by atoms with Gasteiger partial charge >= 0.3 is 12.1 Å². The van der Waals surface area contributed by atoms with Crippen LogP contribution in [0.4, 0.5) is 18.9 Å². The molecule has 6 nitrogen and oxygen atoms in total. The van der Waals surface area contributed by atoms with E-state index < -0.39 is 40.0 Å². The second-order valence-electron chi connectivity index (χ2n) is 5.25. The summed E-state index contributed by atoms with van der Waals surface area (Å²) in [7, 11) is -3.15. The van der Waals surface area contributed by atoms with Crippen LogP contribution in [0, 0.1) is 0 Å². The van der Waals surface area contributed by atoms with Gasteiger partial charge in [0.15, 0.2) is 6.61 Å². The van der Waals surface area contributed by atoms with Crippen molar-refractivity contribution < 1.29 is 35.9 Å². The highest BCUT2D eigenvalue weighted by Gasteiger charge is 2.31. The Morgan fingerprint density at radius 2 is 1.79 bits per heavy atom. The first-order chi connectivity index (χ1) is 12.9. The number of hydrogen-bond donors (Lipinski definition) is 1. The number of anilines is 1. The number of rotatable bonds is 6. The van der Waals surface area contributed by atoms with Crippen LogP contribution in [0.15, 0.2) is 41.3 Å². The molecule has 0 saturated heterocycles. The number of halogens is 5. The summed E-state index contributed by atoms with van der Waals surface area (Å²) < 4.78 is 74.9. The lowest BCUT2D eigenvalue weighted by Gasteiger charge is -2.14. The molecule has 0 aliphatic rings. The van der Waals surface area contributed by atoms with Gasteiger partial charge in [0, 0.05) is 0 Å². The number of sulfonamides is 1. The fourth-order valence-corrected chi connectivity index (χ4v) is 3.56. The molecule has 0 heterocycles. The smallest absolute Gasteiger partial charge is 0.416 e. The van der Waals surface area contributed by atoms with Crippen LogP contribution < -0.4 is 9.46 Å². The van der Waals surface area contributed by atoms with Crippen molar-refractivity contribution in [3.63, 3.8) is 0 Å². The third-order valence-corrected chi connectivity index (χ3v) is 5.31. The van der Waals surface area contributed by atoms with Crippen molar-refractivity contribution in [3.8, 4) is 5.75 Å². The van der Waals surface area contributed by atoms with Gasteiger partial charge in [-0.15, -0.1) is 0 Å². The summed E-state index contributed by atoms with van der Waals surface area (Å²) >= 11 is 11.7. The Morgan fingerprint density at radius 3 is 2.36 bits per heavy atom. The van der Waals surface area contributed by atoms with Crippen molar-refractivity contribution in [2.24, 2.45) is 0 Å². The number of nitrogens with one attached hydrogen (secondary N) is 1. The van der Waals surface area contributed by atoms with E-state index in [2.05, 4.69) is 4.74 Å². The highest BCUT2D eigenvalue weighted by atomic mass is 35.5. The van der Waals surface area contributed by atoms with Crippen LogP contribution in [-0.4, -0.2) is 28.1 Å². The number of methoxy groups -OCH3 is 1. The monoisotopic (exact) mass is 457 g/mol. The minimum atomic E-state index is -4.67. The molecule has 0 aliphatic heterocycles. The Kier molecular flexibility index (Phi) is 6.68. The van der Waals surface area contributed by atoms with Gasteiger partial charge in [0.05, 0.1) is 33.3 Å². The number of hydrogen-bond acceptors (Lipinski definition) is 5. The molecule has 0 spiro atoms. The third kappa shape index (κ3) is 5.43. The number of carbonyl (C=O) groups is 1. The molecule has 0 fully saturated rings. The highest BCUT2D eigenvalue weighted by Crippen LogP contribution is 2.35. The van der Waals surface area contributed by atoms with E-state index >= 15 is 0 Å². The normalized spacial score (nSPS) is 11.8. The summed E-state index contributed by atoms with van der Waals surface area (Å²) in [5, 5.41) is -0.359. The molecule has 152 valence electrons. The number of ether oxygens (including phenoxy) is 2. The van der Waals surface area contributed by atoms with Gasteiger partial charge in [-0.2, -0.15) is 13.2 Å². The average molecular weight is 458 g/mol. The Bertz CT molecular complexity index is 996. The minimum absolute atomic E-state index is 0.0168. The molecule has 0 atom stereocenters. The van der Waals surface area contributed by atoms with Crippen LogP contribution in [0.5, 0.6) is 5.75 Å². The van der Waals surface area contributed by atoms with Gasteiger partial charge in [0.2, 0.25) is 0 Å². The Morgan fingerprint density at radius 1 is 1.11 bits per heavy atom. The Balaban J connectivity index is 2.28. The number of benzene rings is 2. The van der Waals surface area contributed by atoms with E-state index in [1.165, 1.54) is 6.07 Å². The molecule has 12 heteroatoms. The largest absolute Gasteiger partial charge is 0.480 e. The van der Waals surface area contributed by atoms with Crippen LogP contribution >= 0.6 is 23.2 Å². The zero-order valence-corrected chi connectivity index (χ0v) is 16.3. The van der Waals surface area contributed by atoms with Crippen molar-refractivity contribution in [1.82, 2.24) is 0 Å². The van der Waals surface area contributed by atoms with Gasteiger partial charge in [0.1, 0.15) is 5.75 Å². The SMILES string of the molecule is COC(=O)COc1ccc(S(=O)(=O)Nc2cc(C(F)(F)F)ccc2Cl)cc1Cl. The first-order valence-electron chi connectivity index (χ1n) is 7.33. The van der Waals surface area contributed by atoms with Crippen molar-refractivity contribution in [1.29, 1.82) is 0 Å². The van der Waals surface area contributed by atoms with Crippen LogP contribution in [0.3, 0.4) is 0 Å². The van der Waals surface area contributed by atoms with Crippen LogP contribution in [0.2, 0.25) is 10.0 Å². The second-order valence-corrected chi connectivity index (χ2v) is 7.75. The maximum Gasteiger partial charge on any atom is 0.416 e. The topological polar surface area (TPSA) is 81.7 Å². The lowest BCUT2D eigenvalue weighted by Crippen LogP contribution is -2.15. The summed E-state index contributed by atoms with van der Waals surface area (Å²) in [5.41, 5.74) is -1.52. The maximum atomic E-state index is 12.8. The van der Waals surface area contributed by atoms with E-state index in [0.29, 0.717) is 6.07 Å². The summed E-state index contributed by atoms with van der Waals surface area (Å²) in [6.07, 6.45) is -4.67. The Labute approximate surface area is 168 Å². The zero-order valence-electron chi connectivity index (χ0n) is 14.0. The highest BCUT2D eigenvalue weighted by molar-refractivity contribution is 7.92. The fraction of sp³-hybridized carbons (Fsp3) is 0.188. The molecule has 0 aliphatic carbocycles.